The Morgan fingerprint density at radius 3 is 2.68 bits per heavy atom. The molecule has 1 aromatic heterocycles. The summed E-state index contributed by atoms with van der Waals surface area (Å²) in [5, 5.41) is 0.689. The van der Waals surface area contributed by atoms with Crippen LogP contribution in [0.1, 0.15) is 18.4 Å². The highest BCUT2D eigenvalue weighted by molar-refractivity contribution is 7.20. The molecule has 5 nitrogen and oxygen atoms in total. The average Bonchev–Trinajstić information content (AvgIpc) is 3.12. The molecule has 0 saturated carbocycles. The van der Waals surface area contributed by atoms with Gasteiger partial charge < -0.3 is 14.4 Å². The van der Waals surface area contributed by atoms with Gasteiger partial charge in [0.2, 0.25) is 0 Å². The van der Waals surface area contributed by atoms with Crippen molar-refractivity contribution in [3.05, 3.63) is 53.8 Å². The number of amides is 1. The van der Waals surface area contributed by atoms with E-state index in [4.69, 9.17) is 9.47 Å². The maximum atomic E-state index is 12.9. The van der Waals surface area contributed by atoms with Gasteiger partial charge >= 0.3 is 0 Å². The lowest BCUT2D eigenvalue weighted by Crippen LogP contribution is -2.43. The maximum absolute atomic E-state index is 12.9. The number of hydrogen-bond acceptors (Lipinski definition) is 5. The first kappa shape index (κ1) is 18.7. The van der Waals surface area contributed by atoms with E-state index in [2.05, 4.69) is 11.1 Å². The van der Waals surface area contributed by atoms with Crippen LogP contribution in [-0.4, -0.2) is 41.6 Å². The minimum Gasteiger partial charge on any atom is -0.484 e. The number of ether oxygens (including phenoxy) is 2. The summed E-state index contributed by atoms with van der Waals surface area (Å²) in [6.07, 6.45) is 1.58. The molecule has 1 saturated heterocycles. The average molecular weight is 400 g/mol. The third kappa shape index (κ3) is 4.25. The van der Waals surface area contributed by atoms with Gasteiger partial charge in [0.05, 0.1) is 10.2 Å². The summed E-state index contributed by atoms with van der Waals surface area (Å²) < 4.78 is 25.5. The lowest BCUT2D eigenvalue weighted by atomic mass is 10.1. The van der Waals surface area contributed by atoms with Crippen LogP contribution in [0.5, 0.6) is 10.9 Å². The highest BCUT2D eigenvalue weighted by atomic mass is 32.1. The first-order chi connectivity index (χ1) is 13.6. The molecule has 4 rings (SSSR count). The zero-order chi connectivity index (χ0) is 19.5. The van der Waals surface area contributed by atoms with Gasteiger partial charge in [0.25, 0.3) is 11.1 Å². The van der Waals surface area contributed by atoms with Crippen molar-refractivity contribution in [3.8, 4) is 10.9 Å². The normalized spacial score (nSPS) is 15.0. The van der Waals surface area contributed by atoms with Gasteiger partial charge in [-0.05, 0) is 42.8 Å². The van der Waals surface area contributed by atoms with Crippen molar-refractivity contribution in [1.29, 1.82) is 0 Å². The SMILES string of the molecule is Cc1cccc2sc(OC3CCN(C(=O)COc4ccc(F)cc4)CC3)nc12. The van der Waals surface area contributed by atoms with Gasteiger partial charge in [0, 0.05) is 25.9 Å². The van der Waals surface area contributed by atoms with Crippen LogP contribution in [0.2, 0.25) is 0 Å². The predicted octanol–water partition coefficient (Wildman–Crippen LogP) is 4.19. The number of likely N-dealkylation sites (tertiary alicyclic amines) is 1. The van der Waals surface area contributed by atoms with E-state index in [1.807, 2.05) is 19.1 Å². The van der Waals surface area contributed by atoms with Crippen LogP contribution in [0.3, 0.4) is 0 Å². The van der Waals surface area contributed by atoms with Gasteiger partial charge in [-0.1, -0.05) is 23.5 Å². The molecule has 1 aliphatic heterocycles. The molecule has 28 heavy (non-hydrogen) atoms. The van der Waals surface area contributed by atoms with Gasteiger partial charge in [0.1, 0.15) is 17.7 Å². The molecule has 0 atom stereocenters. The summed E-state index contributed by atoms with van der Waals surface area (Å²) in [5.41, 5.74) is 2.14. The maximum Gasteiger partial charge on any atom is 0.274 e. The molecule has 146 valence electrons. The van der Waals surface area contributed by atoms with Crippen LogP contribution in [-0.2, 0) is 4.79 Å². The molecule has 1 fully saturated rings. The van der Waals surface area contributed by atoms with Crippen LogP contribution >= 0.6 is 11.3 Å². The number of thiazole rings is 1. The van der Waals surface area contributed by atoms with Crippen molar-refractivity contribution < 1.29 is 18.7 Å². The number of para-hydroxylation sites is 1. The van der Waals surface area contributed by atoms with Gasteiger partial charge in [0.15, 0.2) is 6.61 Å². The summed E-state index contributed by atoms with van der Waals surface area (Å²) in [6.45, 7) is 3.25. The molecule has 0 radical (unpaired) electrons. The summed E-state index contributed by atoms with van der Waals surface area (Å²) in [6, 6.07) is 11.8. The number of hydrogen-bond donors (Lipinski definition) is 0. The Hall–Kier alpha value is -2.67. The molecule has 0 bridgehead atoms. The number of aryl methyl sites for hydroxylation is 1. The van der Waals surface area contributed by atoms with Crippen LogP contribution in [0, 0.1) is 12.7 Å². The molecule has 2 aromatic carbocycles. The second kappa shape index (κ2) is 8.14. The van der Waals surface area contributed by atoms with Crippen molar-refractivity contribution in [3.63, 3.8) is 0 Å². The number of nitrogens with zero attached hydrogens (tertiary/aromatic N) is 2. The van der Waals surface area contributed by atoms with Crippen molar-refractivity contribution in [1.82, 2.24) is 9.88 Å². The second-order valence-electron chi connectivity index (χ2n) is 6.84. The van der Waals surface area contributed by atoms with E-state index in [0.29, 0.717) is 24.0 Å². The van der Waals surface area contributed by atoms with E-state index < -0.39 is 0 Å². The molecule has 3 aromatic rings. The summed E-state index contributed by atoms with van der Waals surface area (Å²) in [5.74, 6) is 0.0847. The van der Waals surface area contributed by atoms with Crippen molar-refractivity contribution >= 4 is 27.5 Å². The predicted molar refractivity (Wildman–Crippen MR) is 106 cm³/mol. The largest absolute Gasteiger partial charge is 0.484 e. The Bertz CT molecular complexity index is 965. The molecule has 0 unspecified atom stereocenters. The standard InChI is InChI=1S/C21H21FN2O3S/c1-14-3-2-4-18-20(14)23-21(28-18)27-17-9-11-24(12-10-17)19(25)13-26-16-7-5-15(22)6-8-16/h2-8,17H,9-13H2,1H3. The van der Waals surface area contributed by atoms with E-state index >= 15 is 0 Å². The summed E-state index contributed by atoms with van der Waals surface area (Å²) in [4.78, 5) is 18.7. The van der Waals surface area contributed by atoms with Crippen molar-refractivity contribution in [2.24, 2.45) is 0 Å². The fourth-order valence-corrected chi connectivity index (χ4v) is 4.21. The van der Waals surface area contributed by atoms with Crippen LogP contribution in [0.15, 0.2) is 42.5 Å². The Labute approximate surface area is 166 Å². The molecule has 0 aliphatic carbocycles. The number of piperidine rings is 1. The van der Waals surface area contributed by atoms with Gasteiger partial charge in [-0.3, -0.25) is 4.79 Å². The lowest BCUT2D eigenvalue weighted by Gasteiger charge is -2.31. The molecular weight excluding hydrogens is 379 g/mol. The topological polar surface area (TPSA) is 51.7 Å². The fraction of sp³-hybridized carbons (Fsp3) is 0.333. The molecule has 0 spiro atoms. The number of halogens is 1. The first-order valence-electron chi connectivity index (χ1n) is 9.27. The number of carbonyl (C=O) groups is 1. The van der Waals surface area contributed by atoms with E-state index in [0.717, 1.165) is 28.6 Å². The number of fused-ring (bicyclic) bond motifs is 1. The lowest BCUT2D eigenvalue weighted by molar-refractivity contribution is -0.135. The highest BCUT2D eigenvalue weighted by Crippen LogP contribution is 2.31. The molecular formula is C21H21FN2O3S. The van der Waals surface area contributed by atoms with E-state index in [1.165, 1.54) is 24.3 Å². The third-order valence-corrected chi connectivity index (χ3v) is 5.75. The Balaban J connectivity index is 1.27. The van der Waals surface area contributed by atoms with Crippen LogP contribution in [0.4, 0.5) is 4.39 Å². The van der Waals surface area contributed by atoms with E-state index in [9.17, 15) is 9.18 Å². The summed E-state index contributed by atoms with van der Waals surface area (Å²) in [7, 11) is 0. The fourth-order valence-electron chi connectivity index (χ4n) is 3.25. The number of carbonyl (C=O) groups excluding carboxylic acids is 1. The second-order valence-corrected chi connectivity index (χ2v) is 7.84. The van der Waals surface area contributed by atoms with Gasteiger partial charge in [-0.15, -0.1) is 0 Å². The van der Waals surface area contributed by atoms with Crippen LogP contribution in [0.25, 0.3) is 10.2 Å². The molecule has 2 heterocycles. The first-order valence-corrected chi connectivity index (χ1v) is 10.1. The number of benzene rings is 2. The monoisotopic (exact) mass is 400 g/mol. The van der Waals surface area contributed by atoms with Gasteiger partial charge in [-0.2, -0.15) is 0 Å². The minimum atomic E-state index is -0.330. The molecule has 1 aliphatic rings. The highest BCUT2D eigenvalue weighted by Gasteiger charge is 2.25. The van der Waals surface area contributed by atoms with Crippen molar-refractivity contribution in [2.45, 2.75) is 25.9 Å². The third-order valence-electron chi connectivity index (χ3n) is 4.84. The summed E-state index contributed by atoms with van der Waals surface area (Å²) >= 11 is 1.56. The number of aromatic nitrogens is 1. The molecule has 0 N–H and O–H groups in total. The van der Waals surface area contributed by atoms with Gasteiger partial charge in [-0.25, -0.2) is 9.37 Å². The zero-order valence-corrected chi connectivity index (χ0v) is 16.4. The van der Waals surface area contributed by atoms with Crippen molar-refractivity contribution in [2.75, 3.05) is 19.7 Å². The van der Waals surface area contributed by atoms with Crippen LogP contribution < -0.4 is 9.47 Å². The number of rotatable bonds is 5. The minimum absolute atomic E-state index is 0.0473. The quantitative estimate of drug-likeness (QED) is 0.644. The molecule has 7 heteroatoms. The Morgan fingerprint density at radius 2 is 1.96 bits per heavy atom. The Kier molecular flexibility index (Phi) is 5.43. The zero-order valence-electron chi connectivity index (χ0n) is 15.6. The molecule has 1 amide bonds. The van der Waals surface area contributed by atoms with E-state index in [-0.39, 0.29) is 24.4 Å². The van der Waals surface area contributed by atoms with E-state index in [1.54, 1.807) is 16.2 Å². The smallest absolute Gasteiger partial charge is 0.274 e. The Morgan fingerprint density at radius 1 is 1.21 bits per heavy atom.